The number of aliphatic hydroxyl groups excluding tert-OH is 2. The predicted molar refractivity (Wildman–Crippen MR) is 129 cm³/mol. The van der Waals surface area contributed by atoms with Crippen molar-refractivity contribution in [2.75, 3.05) is 13.1 Å². The number of β-amino-alcohol motifs (C(OH)–C–C–N with tert-alkyl or cyclic N) is 1. The van der Waals surface area contributed by atoms with Crippen LogP contribution in [0.4, 0.5) is 0 Å². The van der Waals surface area contributed by atoms with Crippen LogP contribution in [0.15, 0.2) is 55.0 Å². The lowest BCUT2D eigenvalue weighted by molar-refractivity contribution is -0.0321. The molecule has 33 heavy (non-hydrogen) atoms. The first-order chi connectivity index (χ1) is 15.6. The molecule has 4 rings (SSSR count). The third-order valence-corrected chi connectivity index (χ3v) is 6.27. The SMILES string of the molecule is CC(C)(C)c1cc(-c2cncc(-c3ccc(C(=O)N4CC[C@H](O)[C@H](O)C4)cc3Cl)c2)ccn1. The van der Waals surface area contributed by atoms with Crippen molar-refractivity contribution < 1.29 is 15.0 Å². The van der Waals surface area contributed by atoms with Gasteiger partial charge in [0.1, 0.15) is 0 Å². The van der Waals surface area contributed by atoms with Crippen LogP contribution in [0, 0.1) is 0 Å². The highest BCUT2D eigenvalue weighted by Crippen LogP contribution is 2.32. The topological polar surface area (TPSA) is 86.6 Å². The van der Waals surface area contributed by atoms with Crippen LogP contribution in [0.25, 0.3) is 22.3 Å². The van der Waals surface area contributed by atoms with Gasteiger partial charge < -0.3 is 15.1 Å². The second kappa shape index (κ2) is 9.21. The van der Waals surface area contributed by atoms with E-state index in [1.54, 1.807) is 23.2 Å². The highest BCUT2D eigenvalue weighted by Gasteiger charge is 2.29. The summed E-state index contributed by atoms with van der Waals surface area (Å²) >= 11 is 6.58. The van der Waals surface area contributed by atoms with Crippen LogP contribution in [0.2, 0.25) is 5.02 Å². The number of hydrogen-bond donors (Lipinski definition) is 2. The molecule has 1 aliphatic heterocycles. The van der Waals surface area contributed by atoms with Crippen molar-refractivity contribution in [1.29, 1.82) is 0 Å². The number of pyridine rings is 2. The minimum atomic E-state index is -0.932. The number of amides is 1. The lowest BCUT2D eigenvalue weighted by Gasteiger charge is -2.33. The molecule has 0 radical (unpaired) electrons. The van der Waals surface area contributed by atoms with E-state index in [1.807, 2.05) is 30.6 Å². The minimum Gasteiger partial charge on any atom is -0.390 e. The van der Waals surface area contributed by atoms with Gasteiger partial charge in [-0.3, -0.25) is 14.8 Å². The molecule has 1 fully saturated rings. The van der Waals surface area contributed by atoms with Crippen LogP contribution in [0.5, 0.6) is 0 Å². The average Bonchev–Trinajstić information content (AvgIpc) is 2.80. The van der Waals surface area contributed by atoms with Crippen molar-refractivity contribution in [3.8, 4) is 22.3 Å². The zero-order valence-electron chi connectivity index (χ0n) is 19.0. The third-order valence-electron chi connectivity index (χ3n) is 5.96. The lowest BCUT2D eigenvalue weighted by Crippen LogP contribution is -2.48. The van der Waals surface area contributed by atoms with Gasteiger partial charge in [-0.05, 0) is 42.3 Å². The van der Waals surface area contributed by atoms with Gasteiger partial charge in [0.25, 0.3) is 5.91 Å². The van der Waals surface area contributed by atoms with Crippen molar-refractivity contribution in [2.24, 2.45) is 0 Å². The fourth-order valence-electron chi connectivity index (χ4n) is 3.93. The van der Waals surface area contributed by atoms with Crippen molar-refractivity contribution in [3.63, 3.8) is 0 Å². The average molecular weight is 466 g/mol. The first kappa shape index (κ1) is 23.4. The smallest absolute Gasteiger partial charge is 0.253 e. The molecule has 7 heteroatoms. The molecule has 3 aromatic rings. The number of likely N-dealkylation sites (tertiary alicyclic amines) is 1. The molecule has 0 spiro atoms. The Morgan fingerprint density at radius 1 is 1.03 bits per heavy atom. The van der Waals surface area contributed by atoms with Gasteiger partial charge in [0.15, 0.2) is 0 Å². The molecule has 2 atom stereocenters. The van der Waals surface area contributed by atoms with Crippen LogP contribution in [0.1, 0.15) is 43.2 Å². The Bertz CT molecular complexity index is 1180. The number of piperidine rings is 1. The van der Waals surface area contributed by atoms with E-state index < -0.39 is 12.2 Å². The van der Waals surface area contributed by atoms with Crippen molar-refractivity contribution >= 4 is 17.5 Å². The summed E-state index contributed by atoms with van der Waals surface area (Å²) in [6.45, 7) is 6.88. The number of hydrogen-bond acceptors (Lipinski definition) is 5. The van der Waals surface area contributed by atoms with Crippen molar-refractivity contribution in [1.82, 2.24) is 14.9 Å². The Morgan fingerprint density at radius 3 is 2.48 bits per heavy atom. The summed E-state index contributed by atoms with van der Waals surface area (Å²) < 4.78 is 0. The molecule has 3 heterocycles. The number of rotatable bonds is 3. The number of carbonyl (C=O) groups is 1. The highest BCUT2D eigenvalue weighted by atomic mass is 35.5. The van der Waals surface area contributed by atoms with E-state index in [4.69, 9.17) is 11.6 Å². The summed E-state index contributed by atoms with van der Waals surface area (Å²) in [6.07, 6.45) is 4.00. The van der Waals surface area contributed by atoms with Gasteiger partial charge in [-0.2, -0.15) is 0 Å². The summed E-state index contributed by atoms with van der Waals surface area (Å²) in [7, 11) is 0. The van der Waals surface area contributed by atoms with Gasteiger partial charge in [-0.15, -0.1) is 0 Å². The predicted octanol–water partition coefficient (Wildman–Crippen LogP) is 4.33. The molecule has 1 saturated heterocycles. The zero-order valence-corrected chi connectivity index (χ0v) is 19.8. The number of carbonyl (C=O) groups excluding carboxylic acids is 1. The summed E-state index contributed by atoms with van der Waals surface area (Å²) in [5, 5.41) is 20.0. The van der Waals surface area contributed by atoms with E-state index >= 15 is 0 Å². The molecule has 6 nitrogen and oxygen atoms in total. The Hall–Kier alpha value is -2.80. The quantitative estimate of drug-likeness (QED) is 0.601. The summed E-state index contributed by atoms with van der Waals surface area (Å²) in [4.78, 5) is 23.3. The second-order valence-electron chi connectivity index (χ2n) is 9.51. The maximum atomic E-state index is 12.9. The Balaban J connectivity index is 1.60. The Kier molecular flexibility index (Phi) is 6.52. The molecule has 1 amide bonds. The first-order valence-electron chi connectivity index (χ1n) is 11.0. The van der Waals surface area contributed by atoms with Crippen LogP contribution < -0.4 is 0 Å². The van der Waals surface area contributed by atoms with E-state index in [2.05, 4.69) is 36.8 Å². The van der Waals surface area contributed by atoms with Crippen LogP contribution in [0.3, 0.4) is 0 Å². The van der Waals surface area contributed by atoms with Gasteiger partial charge in [0, 0.05) is 70.1 Å². The first-order valence-corrected chi connectivity index (χ1v) is 11.4. The second-order valence-corrected chi connectivity index (χ2v) is 9.92. The fraction of sp³-hybridized carbons (Fsp3) is 0.346. The maximum absolute atomic E-state index is 12.9. The third kappa shape index (κ3) is 5.08. The van der Waals surface area contributed by atoms with Crippen LogP contribution in [-0.2, 0) is 5.41 Å². The number of aliphatic hydroxyl groups is 2. The molecule has 2 N–H and O–H groups in total. The molecular weight excluding hydrogens is 438 g/mol. The highest BCUT2D eigenvalue weighted by molar-refractivity contribution is 6.33. The van der Waals surface area contributed by atoms with Gasteiger partial charge in [0.2, 0.25) is 0 Å². The number of benzene rings is 1. The molecular formula is C26H28ClN3O3. The molecule has 1 aliphatic rings. The van der Waals surface area contributed by atoms with E-state index in [0.29, 0.717) is 23.6 Å². The van der Waals surface area contributed by atoms with Crippen LogP contribution >= 0.6 is 11.6 Å². The van der Waals surface area contributed by atoms with E-state index in [9.17, 15) is 15.0 Å². The lowest BCUT2D eigenvalue weighted by atomic mass is 9.90. The van der Waals surface area contributed by atoms with Crippen molar-refractivity contribution in [2.45, 2.75) is 44.8 Å². The monoisotopic (exact) mass is 465 g/mol. The van der Waals surface area contributed by atoms with E-state index in [-0.39, 0.29) is 17.9 Å². The van der Waals surface area contributed by atoms with Gasteiger partial charge in [-0.1, -0.05) is 38.4 Å². The molecule has 1 aromatic carbocycles. The van der Waals surface area contributed by atoms with Gasteiger partial charge in [-0.25, -0.2) is 0 Å². The molecule has 0 bridgehead atoms. The molecule has 0 aliphatic carbocycles. The molecule has 172 valence electrons. The number of nitrogens with zero attached hydrogens (tertiary/aromatic N) is 3. The van der Waals surface area contributed by atoms with Gasteiger partial charge in [0.05, 0.1) is 12.2 Å². The summed E-state index contributed by atoms with van der Waals surface area (Å²) in [5.41, 5.74) is 5.00. The normalized spacial score (nSPS) is 18.9. The maximum Gasteiger partial charge on any atom is 0.253 e. The Morgan fingerprint density at radius 2 is 1.79 bits per heavy atom. The zero-order chi connectivity index (χ0) is 23.8. The minimum absolute atomic E-state index is 0.0603. The standard InChI is InChI=1S/C26H28ClN3O3/c1-26(2,3)24-12-16(6-8-29-24)18-10-19(14-28-13-18)20-5-4-17(11-21(20)27)25(33)30-9-7-22(31)23(32)15-30/h4-6,8,10-14,22-23,31-32H,7,9,15H2,1-3H3/t22-,23+/m0/s1. The molecule has 0 unspecified atom stereocenters. The summed E-state index contributed by atoms with van der Waals surface area (Å²) in [6, 6.07) is 11.3. The van der Waals surface area contributed by atoms with E-state index in [1.165, 1.54) is 0 Å². The van der Waals surface area contributed by atoms with Crippen molar-refractivity contribution in [3.05, 3.63) is 71.3 Å². The molecule has 2 aromatic heterocycles. The van der Waals surface area contributed by atoms with Gasteiger partial charge >= 0.3 is 0 Å². The Labute approximate surface area is 198 Å². The largest absolute Gasteiger partial charge is 0.390 e. The number of halogens is 1. The number of aromatic nitrogens is 2. The fourth-order valence-corrected chi connectivity index (χ4v) is 4.22. The van der Waals surface area contributed by atoms with Crippen LogP contribution in [-0.4, -0.2) is 56.3 Å². The van der Waals surface area contributed by atoms with E-state index in [0.717, 1.165) is 27.9 Å². The molecule has 0 saturated carbocycles. The summed E-state index contributed by atoms with van der Waals surface area (Å²) in [5.74, 6) is -0.215.